The lowest BCUT2D eigenvalue weighted by atomic mass is 10.1. The lowest BCUT2D eigenvalue weighted by molar-refractivity contribution is -0.384. The van der Waals surface area contributed by atoms with E-state index in [2.05, 4.69) is 5.43 Å². The summed E-state index contributed by atoms with van der Waals surface area (Å²) >= 11 is 0. The Hall–Kier alpha value is -1.86. The van der Waals surface area contributed by atoms with Crippen LogP contribution in [0.3, 0.4) is 0 Å². The van der Waals surface area contributed by atoms with E-state index in [4.69, 9.17) is 15.3 Å². The number of nitro groups is 1. The number of anilines is 1. The first-order valence-corrected chi connectivity index (χ1v) is 5.65. The molecule has 1 aromatic carbocycles. The number of hydrazine groups is 1. The number of benzene rings is 1. The molecular formula is C11H15N3O4. The number of nitrogen functional groups attached to an aromatic ring is 1. The molecule has 2 rings (SSSR count). The summed E-state index contributed by atoms with van der Waals surface area (Å²) in [6, 6.07) is 4.37. The zero-order chi connectivity index (χ0) is 13.0. The average Bonchev–Trinajstić information content (AvgIpc) is 2.89. The van der Waals surface area contributed by atoms with Crippen LogP contribution in [0.1, 0.15) is 6.42 Å². The molecular weight excluding hydrogens is 238 g/mol. The van der Waals surface area contributed by atoms with E-state index in [0.29, 0.717) is 30.6 Å². The molecule has 0 aliphatic carbocycles. The third-order valence-corrected chi connectivity index (χ3v) is 2.78. The van der Waals surface area contributed by atoms with Crippen molar-refractivity contribution in [2.75, 3.05) is 25.2 Å². The summed E-state index contributed by atoms with van der Waals surface area (Å²) < 4.78 is 10.8. The van der Waals surface area contributed by atoms with Gasteiger partial charge in [-0.15, -0.1) is 0 Å². The van der Waals surface area contributed by atoms with Crippen molar-refractivity contribution < 1.29 is 14.4 Å². The smallest absolute Gasteiger partial charge is 0.275 e. The van der Waals surface area contributed by atoms with Gasteiger partial charge < -0.3 is 14.9 Å². The molecule has 98 valence electrons. The monoisotopic (exact) mass is 253 g/mol. The Kier molecular flexibility index (Phi) is 3.96. The molecule has 0 saturated carbocycles. The van der Waals surface area contributed by atoms with Crippen molar-refractivity contribution >= 4 is 11.4 Å². The molecule has 1 aliphatic heterocycles. The maximum atomic E-state index is 10.7. The lowest BCUT2D eigenvalue weighted by Gasteiger charge is -2.11. The first kappa shape index (κ1) is 12.6. The molecule has 0 bridgehead atoms. The van der Waals surface area contributed by atoms with E-state index in [1.165, 1.54) is 12.1 Å². The van der Waals surface area contributed by atoms with Crippen LogP contribution >= 0.6 is 0 Å². The Bertz CT molecular complexity index is 432. The maximum Gasteiger partial charge on any atom is 0.275 e. The van der Waals surface area contributed by atoms with Crippen LogP contribution in [0.4, 0.5) is 11.4 Å². The van der Waals surface area contributed by atoms with Crippen LogP contribution < -0.4 is 16.0 Å². The Labute approximate surface area is 104 Å². The molecule has 1 saturated heterocycles. The highest BCUT2D eigenvalue weighted by molar-refractivity contribution is 5.55. The van der Waals surface area contributed by atoms with Gasteiger partial charge in [-0.25, -0.2) is 0 Å². The fourth-order valence-electron chi connectivity index (χ4n) is 1.78. The molecule has 7 heteroatoms. The molecule has 0 aromatic heterocycles. The molecule has 18 heavy (non-hydrogen) atoms. The molecule has 1 fully saturated rings. The predicted octanol–water partition coefficient (Wildman–Crippen LogP) is 1.30. The molecule has 7 nitrogen and oxygen atoms in total. The summed E-state index contributed by atoms with van der Waals surface area (Å²) in [6.07, 6.45) is 0.955. The molecule has 1 aromatic rings. The Balaban J connectivity index is 2.05. The van der Waals surface area contributed by atoms with Crippen molar-refractivity contribution in [1.29, 1.82) is 0 Å². The fraction of sp³-hybridized carbons (Fsp3) is 0.455. The minimum atomic E-state index is -0.480. The summed E-state index contributed by atoms with van der Waals surface area (Å²) in [4.78, 5) is 10.3. The molecule has 1 heterocycles. The largest absolute Gasteiger partial charge is 0.493 e. The van der Waals surface area contributed by atoms with E-state index in [9.17, 15) is 10.1 Å². The van der Waals surface area contributed by atoms with Gasteiger partial charge in [0.15, 0.2) is 0 Å². The van der Waals surface area contributed by atoms with Gasteiger partial charge in [-0.2, -0.15) is 0 Å². The van der Waals surface area contributed by atoms with E-state index >= 15 is 0 Å². The summed E-state index contributed by atoms with van der Waals surface area (Å²) in [7, 11) is 0. The molecule has 0 spiro atoms. The van der Waals surface area contributed by atoms with Crippen molar-refractivity contribution in [3.63, 3.8) is 0 Å². The van der Waals surface area contributed by atoms with Gasteiger partial charge in [0.05, 0.1) is 29.9 Å². The van der Waals surface area contributed by atoms with E-state index in [1.54, 1.807) is 6.07 Å². The van der Waals surface area contributed by atoms with Crippen molar-refractivity contribution in [2.24, 2.45) is 11.8 Å². The number of nitrogens with zero attached hydrogens (tertiary/aromatic N) is 1. The second kappa shape index (κ2) is 5.65. The highest BCUT2D eigenvalue weighted by atomic mass is 16.6. The zero-order valence-corrected chi connectivity index (χ0v) is 9.80. The Morgan fingerprint density at radius 1 is 1.56 bits per heavy atom. The number of hydrogen-bond acceptors (Lipinski definition) is 6. The molecule has 1 unspecified atom stereocenters. The van der Waals surface area contributed by atoms with Gasteiger partial charge in [-0.3, -0.25) is 16.0 Å². The van der Waals surface area contributed by atoms with Crippen LogP contribution in [-0.4, -0.2) is 24.7 Å². The van der Waals surface area contributed by atoms with Crippen LogP contribution in [0.2, 0.25) is 0 Å². The van der Waals surface area contributed by atoms with Crippen molar-refractivity contribution in [3.05, 3.63) is 28.3 Å². The van der Waals surface area contributed by atoms with Gasteiger partial charge in [0.1, 0.15) is 5.75 Å². The number of nitro benzene ring substituents is 1. The molecule has 0 amide bonds. The van der Waals surface area contributed by atoms with Gasteiger partial charge in [-0.05, 0) is 6.42 Å². The van der Waals surface area contributed by atoms with Gasteiger partial charge in [0.2, 0.25) is 0 Å². The van der Waals surface area contributed by atoms with Gasteiger partial charge in [0, 0.05) is 24.7 Å². The number of rotatable bonds is 5. The number of hydrogen-bond donors (Lipinski definition) is 2. The van der Waals surface area contributed by atoms with Gasteiger partial charge in [-0.1, -0.05) is 0 Å². The highest BCUT2D eigenvalue weighted by Crippen LogP contribution is 2.26. The molecule has 1 atom stereocenters. The number of non-ortho nitro benzene ring substituents is 1. The van der Waals surface area contributed by atoms with Gasteiger partial charge >= 0.3 is 0 Å². The minimum Gasteiger partial charge on any atom is -0.493 e. The van der Waals surface area contributed by atoms with Crippen LogP contribution in [0.15, 0.2) is 18.2 Å². The number of nitrogens with one attached hydrogen (secondary N) is 1. The van der Waals surface area contributed by atoms with Crippen LogP contribution in [-0.2, 0) is 4.74 Å². The van der Waals surface area contributed by atoms with E-state index in [1.807, 2.05) is 0 Å². The lowest BCUT2D eigenvalue weighted by Crippen LogP contribution is -2.12. The maximum absolute atomic E-state index is 10.7. The second-order valence-electron chi connectivity index (χ2n) is 4.16. The summed E-state index contributed by atoms with van der Waals surface area (Å²) in [5, 5.41) is 10.7. The number of nitrogens with two attached hydrogens (primary N) is 1. The summed E-state index contributed by atoms with van der Waals surface area (Å²) in [5.41, 5.74) is 2.77. The van der Waals surface area contributed by atoms with E-state index < -0.39 is 4.92 Å². The summed E-state index contributed by atoms with van der Waals surface area (Å²) in [5.74, 6) is 6.04. The van der Waals surface area contributed by atoms with Crippen molar-refractivity contribution in [1.82, 2.24) is 0 Å². The Morgan fingerprint density at radius 2 is 2.39 bits per heavy atom. The molecule has 1 aliphatic rings. The third-order valence-electron chi connectivity index (χ3n) is 2.78. The fourth-order valence-corrected chi connectivity index (χ4v) is 1.78. The zero-order valence-electron chi connectivity index (χ0n) is 9.80. The quantitative estimate of drug-likeness (QED) is 0.466. The highest BCUT2D eigenvalue weighted by Gasteiger charge is 2.17. The normalized spacial score (nSPS) is 18.6. The van der Waals surface area contributed by atoms with Gasteiger partial charge in [0.25, 0.3) is 5.69 Å². The van der Waals surface area contributed by atoms with Crippen LogP contribution in [0.25, 0.3) is 0 Å². The second-order valence-corrected chi connectivity index (χ2v) is 4.16. The SMILES string of the molecule is NNc1cc(OCC2CCOC2)cc([N+](=O)[O-])c1. The molecule has 3 N–H and O–H groups in total. The minimum absolute atomic E-state index is 0.0527. The van der Waals surface area contributed by atoms with Crippen molar-refractivity contribution in [2.45, 2.75) is 6.42 Å². The Morgan fingerprint density at radius 3 is 3.00 bits per heavy atom. The first-order chi connectivity index (χ1) is 8.69. The van der Waals surface area contributed by atoms with E-state index in [0.717, 1.165) is 13.0 Å². The first-order valence-electron chi connectivity index (χ1n) is 5.65. The summed E-state index contributed by atoms with van der Waals surface area (Å²) in [6.45, 7) is 1.92. The standard InChI is InChI=1S/C11H15N3O4/c12-13-9-3-10(14(15)16)5-11(4-9)18-7-8-1-2-17-6-8/h3-5,8,13H,1-2,6-7,12H2. The third kappa shape index (κ3) is 3.08. The van der Waals surface area contributed by atoms with Crippen molar-refractivity contribution in [3.8, 4) is 5.75 Å². The molecule has 0 radical (unpaired) electrons. The topological polar surface area (TPSA) is 99.7 Å². The van der Waals surface area contributed by atoms with Crippen LogP contribution in [0, 0.1) is 16.0 Å². The van der Waals surface area contributed by atoms with E-state index in [-0.39, 0.29) is 5.69 Å². The predicted molar refractivity (Wildman–Crippen MR) is 65.3 cm³/mol. The number of ether oxygens (including phenoxy) is 2. The van der Waals surface area contributed by atoms with Crippen LogP contribution in [0.5, 0.6) is 5.75 Å². The average molecular weight is 253 g/mol.